The summed E-state index contributed by atoms with van der Waals surface area (Å²) in [5.41, 5.74) is 7.89. The minimum absolute atomic E-state index is 0.0332. The fraction of sp³-hybridized carbons (Fsp3) is 0.250. The maximum atomic E-state index is 12.8. The van der Waals surface area contributed by atoms with Crippen LogP contribution in [0, 0.1) is 6.92 Å². The Kier molecular flexibility index (Phi) is 6.95. The van der Waals surface area contributed by atoms with Crippen molar-refractivity contribution in [1.29, 1.82) is 0 Å². The Bertz CT molecular complexity index is 1400. The van der Waals surface area contributed by atoms with E-state index in [4.69, 9.17) is 29.1 Å². The Hall–Kier alpha value is -4.74. The first-order valence-corrected chi connectivity index (χ1v) is 10.8. The second-order valence-electron chi connectivity index (χ2n) is 7.59. The van der Waals surface area contributed by atoms with Gasteiger partial charge in [-0.3, -0.25) is 4.79 Å². The van der Waals surface area contributed by atoms with E-state index in [0.717, 1.165) is 0 Å². The summed E-state index contributed by atoms with van der Waals surface area (Å²) in [4.78, 5) is 17.4. The van der Waals surface area contributed by atoms with Crippen LogP contribution in [0.25, 0.3) is 11.5 Å². The highest BCUT2D eigenvalue weighted by Crippen LogP contribution is 2.33. The molecule has 2 aromatic carbocycles. The number of nitrogens with zero attached hydrogens (tertiary/aromatic N) is 4. The van der Waals surface area contributed by atoms with Gasteiger partial charge in [0, 0.05) is 11.6 Å². The highest BCUT2D eigenvalue weighted by Gasteiger charge is 2.21. The molecule has 0 atom stereocenters. The molecule has 0 saturated carbocycles. The number of aromatic nitrogens is 4. The summed E-state index contributed by atoms with van der Waals surface area (Å²) in [7, 11) is 6.15. The number of amides is 1. The molecule has 4 aromatic rings. The number of benzene rings is 2. The van der Waals surface area contributed by atoms with Crippen LogP contribution in [0.15, 0.2) is 40.8 Å². The summed E-state index contributed by atoms with van der Waals surface area (Å²) in [6, 6.07) is 10.4. The Balaban J connectivity index is 1.54. The third kappa shape index (κ3) is 4.73. The first-order valence-electron chi connectivity index (χ1n) is 10.8. The first-order chi connectivity index (χ1) is 17.4. The van der Waals surface area contributed by atoms with Gasteiger partial charge in [-0.25, -0.2) is 9.67 Å². The van der Waals surface area contributed by atoms with Crippen molar-refractivity contribution in [3.05, 3.63) is 53.5 Å². The van der Waals surface area contributed by atoms with Crippen molar-refractivity contribution in [3.63, 3.8) is 0 Å². The molecule has 3 N–H and O–H groups in total. The Morgan fingerprint density at radius 2 is 1.75 bits per heavy atom. The minimum Gasteiger partial charge on any atom is -0.497 e. The number of hydrogen-bond donors (Lipinski definition) is 2. The third-order valence-electron chi connectivity index (χ3n) is 5.47. The van der Waals surface area contributed by atoms with Crippen LogP contribution in [0.1, 0.15) is 21.9 Å². The monoisotopic (exact) mass is 494 g/mol. The van der Waals surface area contributed by atoms with Gasteiger partial charge in [0.2, 0.25) is 5.89 Å². The van der Waals surface area contributed by atoms with Crippen molar-refractivity contribution in [2.24, 2.45) is 0 Å². The second-order valence-corrected chi connectivity index (χ2v) is 7.59. The quantitative estimate of drug-likeness (QED) is 0.355. The molecule has 0 spiro atoms. The van der Waals surface area contributed by atoms with Crippen LogP contribution < -0.4 is 30.0 Å². The molecular weight excluding hydrogens is 468 g/mol. The molecule has 2 aromatic heterocycles. The van der Waals surface area contributed by atoms with Gasteiger partial charge in [-0.05, 0) is 37.3 Å². The highest BCUT2D eigenvalue weighted by molar-refractivity contribution is 6.06. The summed E-state index contributed by atoms with van der Waals surface area (Å²) in [6.45, 7) is 1.93. The summed E-state index contributed by atoms with van der Waals surface area (Å²) in [5.74, 6) is 2.67. The van der Waals surface area contributed by atoms with Crippen LogP contribution in [0.3, 0.4) is 0 Å². The minimum atomic E-state index is -0.537. The number of carbonyl (C=O) groups is 1. The van der Waals surface area contributed by atoms with E-state index in [1.54, 1.807) is 58.6 Å². The lowest BCUT2D eigenvalue weighted by Gasteiger charge is -2.11. The van der Waals surface area contributed by atoms with Crippen molar-refractivity contribution in [2.75, 3.05) is 39.5 Å². The van der Waals surface area contributed by atoms with E-state index in [0.29, 0.717) is 51.6 Å². The van der Waals surface area contributed by atoms with Crippen molar-refractivity contribution in [2.45, 2.75) is 13.5 Å². The largest absolute Gasteiger partial charge is 0.497 e. The third-order valence-corrected chi connectivity index (χ3v) is 5.47. The number of nitrogens with two attached hydrogens (primary N) is 1. The van der Waals surface area contributed by atoms with Gasteiger partial charge in [-0.2, -0.15) is 0 Å². The van der Waals surface area contributed by atoms with Crippen LogP contribution in [-0.4, -0.2) is 54.3 Å². The summed E-state index contributed by atoms with van der Waals surface area (Å²) in [6.07, 6.45) is 0. The van der Waals surface area contributed by atoms with Gasteiger partial charge >= 0.3 is 0 Å². The van der Waals surface area contributed by atoms with Gasteiger partial charge < -0.3 is 34.4 Å². The predicted octanol–water partition coefficient (Wildman–Crippen LogP) is 3.16. The van der Waals surface area contributed by atoms with Crippen molar-refractivity contribution < 1.29 is 28.2 Å². The number of rotatable bonds is 9. The number of hydrogen-bond acceptors (Lipinski definition) is 10. The van der Waals surface area contributed by atoms with Gasteiger partial charge in [0.25, 0.3) is 5.91 Å². The molecule has 0 unspecified atom stereocenters. The van der Waals surface area contributed by atoms with Crippen LogP contribution in [0.4, 0.5) is 11.5 Å². The fourth-order valence-electron chi connectivity index (χ4n) is 3.49. The molecule has 12 heteroatoms. The number of nitrogens with one attached hydrogen (secondary N) is 1. The van der Waals surface area contributed by atoms with Crippen LogP contribution >= 0.6 is 0 Å². The van der Waals surface area contributed by atoms with E-state index >= 15 is 0 Å². The lowest BCUT2D eigenvalue weighted by Crippen LogP contribution is -2.16. The number of oxazole rings is 1. The van der Waals surface area contributed by atoms with Crippen LogP contribution in [-0.2, 0) is 6.54 Å². The molecule has 36 heavy (non-hydrogen) atoms. The zero-order chi connectivity index (χ0) is 25.8. The number of nitrogen functional groups attached to an aromatic ring is 1. The SMILES string of the molecule is COc1ccc(NC(=O)c2nnn(Cc3nc(-c4ccc(OC)c(OC)c4)oc3C)c2N)c(OC)c1. The molecular formula is C24H26N6O6. The van der Waals surface area contributed by atoms with Crippen molar-refractivity contribution in [1.82, 2.24) is 20.0 Å². The number of ether oxygens (including phenoxy) is 4. The van der Waals surface area contributed by atoms with Crippen molar-refractivity contribution in [3.8, 4) is 34.5 Å². The van der Waals surface area contributed by atoms with E-state index < -0.39 is 5.91 Å². The van der Waals surface area contributed by atoms with Crippen LogP contribution in [0.5, 0.6) is 23.0 Å². The molecule has 0 fully saturated rings. The Labute approximate surface area is 206 Å². The molecule has 188 valence electrons. The van der Waals surface area contributed by atoms with E-state index in [1.807, 2.05) is 6.07 Å². The number of carbonyl (C=O) groups excluding carboxylic acids is 1. The number of methoxy groups -OCH3 is 4. The normalized spacial score (nSPS) is 10.7. The molecule has 0 aliphatic rings. The van der Waals surface area contributed by atoms with Gasteiger partial charge in [0.15, 0.2) is 23.0 Å². The van der Waals surface area contributed by atoms with E-state index in [-0.39, 0.29) is 18.1 Å². The summed E-state index contributed by atoms with van der Waals surface area (Å²) < 4.78 is 28.4. The molecule has 0 aliphatic heterocycles. The van der Waals surface area contributed by atoms with E-state index in [9.17, 15) is 4.79 Å². The maximum Gasteiger partial charge on any atom is 0.280 e. The lowest BCUT2D eigenvalue weighted by atomic mass is 10.2. The fourth-order valence-corrected chi connectivity index (χ4v) is 3.49. The highest BCUT2D eigenvalue weighted by atomic mass is 16.5. The summed E-state index contributed by atoms with van der Waals surface area (Å²) in [5, 5.41) is 10.7. The smallest absolute Gasteiger partial charge is 0.280 e. The number of anilines is 2. The average molecular weight is 495 g/mol. The van der Waals surface area contributed by atoms with Crippen molar-refractivity contribution >= 4 is 17.4 Å². The molecule has 0 aliphatic carbocycles. The predicted molar refractivity (Wildman–Crippen MR) is 131 cm³/mol. The molecule has 4 rings (SSSR count). The van der Waals surface area contributed by atoms with Gasteiger partial charge in [-0.15, -0.1) is 5.10 Å². The molecule has 0 bridgehead atoms. The summed E-state index contributed by atoms with van der Waals surface area (Å²) >= 11 is 0. The topological polar surface area (TPSA) is 149 Å². The van der Waals surface area contributed by atoms with Gasteiger partial charge in [0.05, 0.1) is 40.7 Å². The zero-order valence-electron chi connectivity index (χ0n) is 20.5. The second kappa shape index (κ2) is 10.3. The first kappa shape index (κ1) is 24.4. The lowest BCUT2D eigenvalue weighted by molar-refractivity contribution is 0.102. The average Bonchev–Trinajstić information content (AvgIpc) is 3.45. The van der Waals surface area contributed by atoms with Gasteiger partial charge in [-0.1, -0.05) is 5.21 Å². The molecule has 12 nitrogen and oxygen atoms in total. The Morgan fingerprint density at radius 1 is 1.00 bits per heavy atom. The van der Waals surface area contributed by atoms with E-state index in [1.165, 1.54) is 11.8 Å². The maximum absolute atomic E-state index is 12.8. The van der Waals surface area contributed by atoms with Crippen LogP contribution in [0.2, 0.25) is 0 Å². The molecule has 2 heterocycles. The Morgan fingerprint density at radius 3 is 2.44 bits per heavy atom. The standard InChI is InChI=1S/C24H26N6O6/c1-13-17(27-24(36-13)14-6-9-18(33-3)20(10-14)35-5)12-30-22(25)21(28-29-30)23(31)26-16-8-7-15(32-2)11-19(16)34-4/h6-11H,12,25H2,1-5H3,(H,26,31). The zero-order valence-corrected chi connectivity index (χ0v) is 20.5. The van der Waals surface area contributed by atoms with Gasteiger partial charge in [0.1, 0.15) is 23.0 Å². The van der Waals surface area contributed by atoms with E-state index in [2.05, 4.69) is 20.6 Å². The molecule has 0 saturated heterocycles. The molecule has 1 amide bonds. The number of aryl methyl sites for hydroxylation is 1. The molecule has 0 radical (unpaired) electrons.